The van der Waals surface area contributed by atoms with E-state index in [9.17, 15) is 4.79 Å². The Morgan fingerprint density at radius 3 is 2.56 bits per heavy atom. The Hall–Kier alpha value is -1.77. The molecule has 1 saturated heterocycles. The van der Waals surface area contributed by atoms with Crippen molar-refractivity contribution in [2.75, 3.05) is 18.0 Å². The predicted octanol–water partition coefficient (Wildman–Crippen LogP) is 3.16. The Morgan fingerprint density at radius 2 is 1.89 bits per heavy atom. The summed E-state index contributed by atoms with van der Waals surface area (Å²) in [5.41, 5.74) is 2.14. The average Bonchev–Trinajstić information content (AvgIpc) is 2.65. The molecule has 0 spiro atoms. The molecule has 1 heterocycles. The summed E-state index contributed by atoms with van der Waals surface area (Å²) >= 11 is 0. The van der Waals surface area contributed by atoms with E-state index in [4.69, 9.17) is 5.11 Å². The maximum atomic E-state index is 10.5. The Labute approximate surface area is 108 Å². The van der Waals surface area contributed by atoms with Crippen LogP contribution in [0.1, 0.15) is 31.2 Å². The largest absolute Gasteiger partial charge is 0.478 e. The first-order valence-electron chi connectivity index (χ1n) is 6.52. The Kier molecular flexibility index (Phi) is 4.40. The lowest BCUT2D eigenvalue weighted by atomic mass is 10.1. The van der Waals surface area contributed by atoms with Crippen molar-refractivity contribution in [1.29, 1.82) is 0 Å². The number of hydrogen-bond acceptors (Lipinski definition) is 2. The molecule has 2 rings (SSSR count). The summed E-state index contributed by atoms with van der Waals surface area (Å²) in [5, 5.41) is 8.63. The molecule has 1 aromatic rings. The second kappa shape index (κ2) is 6.24. The molecule has 1 aliphatic heterocycles. The van der Waals surface area contributed by atoms with Gasteiger partial charge in [0.1, 0.15) is 0 Å². The van der Waals surface area contributed by atoms with Crippen LogP contribution < -0.4 is 4.90 Å². The van der Waals surface area contributed by atoms with E-state index in [1.54, 1.807) is 6.08 Å². The van der Waals surface area contributed by atoms with Gasteiger partial charge in [0.05, 0.1) is 0 Å². The van der Waals surface area contributed by atoms with Crippen molar-refractivity contribution in [2.45, 2.75) is 25.7 Å². The van der Waals surface area contributed by atoms with Gasteiger partial charge < -0.3 is 10.0 Å². The molecular formula is C15H19NO2. The molecule has 0 aromatic heterocycles. The highest BCUT2D eigenvalue weighted by Crippen LogP contribution is 2.21. The Bertz CT molecular complexity index is 432. The predicted molar refractivity (Wildman–Crippen MR) is 73.8 cm³/mol. The molecule has 0 saturated carbocycles. The molecule has 18 heavy (non-hydrogen) atoms. The third-order valence-electron chi connectivity index (χ3n) is 3.26. The molecular weight excluding hydrogens is 226 g/mol. The summed E-state index contributed by atoms with van der Waals surface area (Å²) in [6.45, 7) is 2.21. The van der Waals surface area contributed by atoms with E-state index >= 15 is 0 Å². The van der Waals surface area contributed by atoms with Gasteiger partial charge in [0.25, 0.3) is 0 Å². The van der Waals surface area contributed by atoms with Gasteiger partial charge in [-0.1, -0.05) is 25.0 Å². The number of benzene rings is 1. The molecule has 0 atom stereocenters. The van der Waals surface area contributed by atoms with Crippen molar-refractivity contribution in [3.8, 4) is 0 Å². The number of carboxylic acids is 1. The number of nitrogens with zero attached hydrogens (tertiary/aromatic N) is 1. The van der Waals surface area contributed by atoms with Gasteiger partial charge in [0.15, 0.2) is 0 Å². The molecule has 0 aliphatic carbocycles. The highest BCUT2D eigenvalue weighted by atomic mass is 16.4. The zero-order valence-electron chi connectivity index (χ0n) is 10.5. The van der Waals surface area contributed by atoms with Crippen LogP contribution in [-0.4, -0.2) is 24.2 Å². The fourth-order valence-electron chi connectivity index (χ4n) is 2.32. The molecule has 1 fully saturated rings. The molecule has 1 aromatic carbocycles. The number of anilines is 1. The Morgan fingerprint density at radius 1 is 1.17 bits per heavy atom. The first-order chi connectivity index (χ1) is 8.75. The van der Waals surface area contributed by atoms with E-state index in [2.05, 4.69) is 17.0 Å². The van der Waals surface area contributed by atoms with E-state index < -0.39 is 5.97 Å². The second-order valence-electron chi connectivity index (χ2n) is 4.67. The van der Waals surface area contributed by atoms with E-state index in [0.29, 0.717) is 0 Å². The molecule has 0 bridgehead atoms. The number of hydrogen-bond donors (Lipinski definition) is 1. The van der Waals surface area contributed by atoms with Crippen LogP contribution in [0.15, 0.2) is 30.3 Å². The molecule has 0 amide bonds. The topological polar surface area (TPSA) is 40.5 Å². The SMILES string of the molecule is O=C(O)/C=C/c1cccc(N2CCCCCC2)c1. The fourth-order valence-corrected chi connectivity index (χ4v) is 2.32. The Balaban J connectivity index is 2.12. The summed E-state index contributed by atoms with van der Waals surface area (Å²) in [6, 6.07) is 8.08. The van der Waals surface area contributed by atoms with Crippen molar-refractivity contribution < 1.29 is 9.90 Å². The molecule has 1 N–H and O–H groups in total. The summed E-state index contributed by atoms with van der Waals surface area (Å²) in [7, 11) is 0. The first kappa shape index (κ1) is 12.7. The van der Waals surface area contributed by atoms with Gasteiger partial charge in [0, 0.05) is 24.9 Å². The quantitative estimate of drug-likeness (QED) is 0.831. The minimum absolute atomic E-state index is 0.907. The zero-order chi connectivity index (χ0) is 12.8. The van der Waals surface area contributed by atoms with Crippen molar-refractivity contribution in [3.05, 3.63) is 35.9 Å². The molecule has 3 nitrogen and oxygen atoms in total. The third-order valence-corrected chi connectivity index (χ3v) is 3.26. The maximum absolute atomic E-state index is 10.5. The maximum Gasteiger partial charge on any atom is 0.328 e. The first-order valence-corrected chi connectivity index (χ1v) is 6.52. The van der Waals surface area contributed by atoms with Crippen LogP contribution in [-0.2, 0) is 4.79 Å². The highest BCUT2D eigenvalue weighted by Gasteiger charge is 2.09. The molecule has 0 unspecified atom stereocenters. The normalized spacial score (nSPS) is 16.8. The van der Waals surface area contributed by atoms with E-state index in [-0.39, 0.29) is 0 Å². The van der Waals surface area contributed by atoms with Crippen molar-refractivity contribution in [3.63, 3.8) is 0 Å². The van der Waals surface area contributed by atoms with E-state index in [1.807, 2.05) is 12.1 Å². The molecule has 1 aliphatic rings. The lowest BCUT2D eigenvalue weighted by molar-refractivity contribution is -0.131. The minimum atomic E-state index is -0.907. The van der Waals surface area contributed by atoms with Crippen molar-refractivity contribution >= 4 is 17.7 Å². The van der Waals surface area contributed by atoms with Crippen LogP contribution in [0.3, 0.4) is 0 Å². The van der Waals surface area contributed by atoms with E-state index in [1.165, 1.54) is 37.4 Å². The number of carbonyl (C=O) groups is 1. The zero-order valence-corrected chi connectivity index (χ0v) is 10.5. The minimum Gasteiger partial charge on any atom is -0.478 e. The molecule has 0 radical (unpaired) electrons. The van der Waals surface area contributed by atoms with Crippen molar-refractivity contribution in [2.24, 2.45) is 0 Å². The van der Waals surface area contributed by atoms with Crippen LogP contribution in [0.4, 0.5) is 5.69 Å². The smallest absolute Gasteiger partial charge is 0.328 e. The van der Waals surface area contributed by atoms with Crippen LogP contribution in [0.5, 0.6) is 0 Å². The van der Waals surface area contributed by atoms with E-state index in [0.717, 1.165) is 18.7 Å². The number of carboxylic acid groups (broad SMARTS) is 1. The third kappa shape index (κ3) is 3.62. The summed E-state index contributed by atoms with van der Waals surface area (Å²) in [4.78, 5) is 12.9. The monoisotopic (exact) mass is 245 g/mol. The van der Waals surface area contributed by atoms with Crippen LogP contribution in [0.25, 0.3) is 6.08 Å². The lowest BCUT2D eigenvalue weighted by Gasteiger charge is -2.22. The van der Waals surface area contributed by atoms with Crippen LogP contribution >= 0.6 is 0 Å². The highest BCUT2D eigenvalue weighted by molar-refractivity contribution is 5.85. The van der Waals surface area contributed by atoms with Gasteiger partial charge in [-0.15, -0.1) is 0 Å². The van der Waals surface area contributed by atoms with Gasteiger partial charge in [-0.25, -0.2) is 4.79 Å². The number of rotatable bonds is 3. The molecule has 96 valence electrons. The average molecular weight is 245 g/mol. The van der Waals surface area contributed by atoms with Crippen molar-refractivity contribution in [1.82, 2.24) is 0 Å². The van der Waals surface area contributed by atoms with Crippen LogP contribution in [0, 0.1) is 0 Å². The van der Waals surface area contributed by atoms with Gasteiger partial charge >= 0.3 is 5.97 Å². The summed E-state index contributed by atoms with van der Waals surface area (Å²) in [6.07, 6.45) is 7.94. The van der Waals surface area contributed by atoms with Gasteiger partial charge in [0.2, 0.25) is 0 Å². The second-order valence-corrected chi connectivity index (χ2v) is 4.67. The molecule has 3 heteroatoms. The van der Waals surface area contributed by atoms with Gasteiger partial charge in [-0.2, -0.15) is 0 Å². The van der Waals surface area contributed by atoms with Gasteiger partial charge in [-0.3, -0.25) is 0 Å². The summed E-state index contributed by atoms with van der Waals surface area (Å²) in [5.74, 6) is -0.907. The number of aliphatic carboxylic acids is 1. The fraction of sp³-hybridized carbons (Fsp3) is 0.400. The van der Waals surface area contributed by atoms with Gasteiger partial charge in [-0.05, 0) is 36.6 Å². The summed E-state index contributed by atoms with van der Waals surface area (Å²) < 4.78 is 0. The van der Waals surface area contributed by atoms with Crippen LogP contribution in [0.2, 0.25) is 0 Å². The standard InChI is InChI=1S/C15H19NO2/c17-15(18)9-8-13-6-5-7-14(12-13)16-10-3-1-2-4-11-16/h5-9,12H,1-4,10-11H2,(H,17,18)/b9-8+. The lowest BCUT2D eigenvalue weighted by Crippen LogP contribution is -2.23.